The van der Waals surface area contributed by atoms with Gasteiger partial charge in [-0.05, 0) is 54.8 Å². The van der Waals surface area contributed by atoms with Crippen molar-refractivity contribution in [3.05, 3.63) is 64.7 Å². The van der Waals surface area contributed by atoms with E-state index in [4.69, 9.17) is 11.2 Å². The molecule has 6 heteroatoms. The van der Waals surface area contributed by atoms with Crippen LogP contribution in [-0.4, -0.2) is 24.5 Å². The largest absolute Gasteiger partial charge is 0.481 e. The number of terminal acetylenes is 1. The zero-order valence-electron chi connectivity index (χ0n) is 15.5. The molecule has 6 nitrogen and oxygen atoms in total. The molecule has 1 saturated heterocycles. The number of urea groups is 1. The van der Waals surface area contributed by atoms with E-state index in [0.717, 1.165) is 16.0 Å². The van der Waals surface area contributed by atoms with Gasteiger partial charge in [-0.1, -0.05) is 30.2 Å². The van der Waals surface area contributed by atoms with E-state index in [1.165, 1.54) is 6.08 Å². The topological polar surface area (TPSA) is 75.7 Å². The van der Waals surface area contributed by atoms with Crippen molar-refractivity contribution in [2.24, 2.45) is 0 Å². The molecule has 0 atom stereocenters. The standard InChI is InChI=1S/C22H18N2O4/c1-4-11-28-17-9-7-16(8-10-17)13-18-20(25)23-22(27)24(21(18)26)19-12-14(2)5-6-15(19)3/h1,5-10,12-13H,11H2,2-3H3,(H,23,25,27)/b18-13+. The van der Waals surface area contributed by atoms with Crippen LogP contribution in [-0.2, 0) is 9.59 Å². The van der Waals surface area contributed by atoms with Gasteiger partial charge < -0.3 is 4.74 Å². The molecule has 0 aliphatic carbocycles. The Kier molecular flexibility index (Phi) is 5.28. The number of carbonyl (C=O) groups is 3. The molecule has 3 rings (SSSR count). The molecule has 1 aliphatic rings. The Bertz CT molecular complexity index is 1030. The molecule has 28 heavy (non-hydrogen) atoms. The summed E-state index contributed by atoms with van der Waals surface area (Å²) in [4.78, 5) is 38.5. The number of aryl methyl sites for hydroxylation is 2. The van der Waals surface area contributed by atoms with Crippen molar-refractivity contribution in [1.82, 2.24) is 5.32 Å². The smallest absolute Gasteiger partial charge is 0.335 e. The molecule has 1 heterocycles. The number of rotatable bonds is 4. The summed E-state index contributed by atoms with van der Waals surface area (Å²) in [6.07, 6.45) is 6.59. The molecule has 1 aliphatic heterocycles. The Morgan fingerprint density at radius 3 is 2.50 bits per heavy atom. The molecule has 0 spiro atoms. The van der Waals surface area contributed by atoms with Crippen molar-refractivity contribution in [3.8, 4) is 18.1 Å². The minimum Gasteiger partial charge on any atom is -0.481 e. The molecule has 2 aromatic carbocycles. The Balaban J connectivity index is 1.95. The van der Waals surface area contributed by atoms with Crippen molar-refractivity contribution < 1.29 is 19.1 Å². The predicted molar refractivity (Wildman–Crippen MR) is 106 cm³/mol. The highest BCUT2D eigenvalue weighted by Gasteiger charge is 2.37. The first kappa shape index (κ1) is 18.9. The number of anilines is 1. The molecule has 1 fully saturated rings. The number of hydrogen-bond donors (Lipinski definition) is 1. The quantitative estimate of drug-likeness (QED) is 0.507. The van der Waals surface area contributed by atoms with Crippen LogP contribution in [0, 0.1) is 26.2 Å². The number of imide groups is 2. The van der Waals surface area contributed by atoms with Crippen LogP contribution in [0.2, 0.25) is 0 Å². The van der Waals surface area contributed by atoms with Gasteiger partial charge in [-0.25, -0.2) is 9.69 Å². The van der Waals surface area contributed by atoms with Gasteiger partial charge in [0.2, 0.25) is 0 Å². The Labute approximate surface area is 162 Å². The van der Waals surface area contributed by atoms with Crippen LogP contribution in [0.5, 0.6) is 5.75 Å². The zero-order valence-corrected chi connectivity index (χ0v) is 15.5. The fourth-order valence-corrected chi connectivity index (χ4v) is 2.79. The molecule has 4 amide bonds. The molecule has 2 aromatic rings. The zero-order chi connectivity index (χ0) is 20.3. The molecule has 0 unspecified atom stereocenters. The number of nitrogens with zero attached hydrogens (tertiary/aromatic N) is 1. The summed E-state index contributed by atoms with van der Waals surface area (Å²) >= 11 is 0. The van der Waals surface area contributed by atoms with E-state index in [2.05, 4.69) is 11.2 Å². The van der Waals surface area contributed by atoms with Crippen molar-refractivity contribution in [1.29, 1.82) is 0 Å². The Hall–Kier alpha value is -3.85. The van der Waals surface area contributed by atoms with Crippen molar-refractivity contribution in [2.75, 3.05) is 11.5 Å². The highest BCUT2D eigenvalue weighted by molar-refractivity contribution is 6.39. The maximum Gasteiger partial charge on any atom is 0.335 e. The van der Waals surface area contributed by atoms with E-state index >= 15 is 0 Å². The van der Waals surface area contributed by atoms with E-state index < -0.39 is 17.8 Å². The molecule has 0 saturated carbocycles. The number of benzene rings is 2. The third kappa shape index (κ3) is 3.79. The maximum absolute atomic E-state index is 13.0. The number of ether oxygens (including phenoxy) is 1. The van der Waals surface area contributed by atoms with Gasteiger partial charge in [0, 0.05) is 0 Å². The Morgan fingerprint density at radius 1 is 1.11 bits per heavy atom. The third-order valence-electron chi connectivity index (χ3n) is 4.22. The van der Waals surface area contributed by atoms with Gasteiger partial charge >= 0.3 is 6.03 Å². The van der Waals surface area contributed by atoms with Gasteiger partial charge in [0.1, 0.15) is 17.9 Å². The summed E-state index contributed by atoms with van der Waals surface area (Å²) in [7, 11) is 0. The van der Waals surface area contributed by atoms with E-state index in [9.17, 15) is 14.4 Å². The van der Waals surface area contributed by atoms with Crippen LogP contribution in [0.15, 0.2) is 48.0 Å². The summed E-state index contributed by atoms with van der Waals surface area (Å²) in [6.45, 7) is 3.80. The number of carbonyl (C=O) groups excluding carboxylic acids is 3. The summed E-state index contributed by atoms with van der Waals surface area (Å²) in [5, 5.41) is 2.23. The normalized spacial score (nSPS) is 15.4. The van der Waals surface area contributed by atoms with Gasteiger partial charge in [-0.15, -0.1) is 6.42 Å². The van der Waals surface area contributed by atoms with Gasteiger partial charge in [0.25, 0.3) is 11.8 Å². The summed E-state index contributed by atoms with van der Waals surface area (Å²) in [6, 6.07) is 11.4. The fraction of sp³-hybridized carbons (Fsp3) is 0.136. The minimum absolute atomic E-state index is 0.127. The lowest BCUT2D eigenvalue weighted by Gasteiger charge is -2.27. The van der Waals surface area contributed by atoms with Crippen LogP contribution in [0.3, 0.4) is 0 Å². The van der Waals surface area contributed by atoms with Gasteiger partial charge in [0.15, 0.2) is 0 Å². The summed E-state index contributed by atoms with van der Waals surface area (Å²) in [5.74, 6) is 1.54. The number of barbiturate groups is 1. The average molecular weight is 374 g/mol. The summed E-state index contributed by atoms with van der Waals surface area (Å²) in [5.41, 5.74) is 2.57. The van der Waals surface area contributed by atoms with Crippen molar-refractivity contribution >= 4 is 29.6 Å². The van der Waals surface area contributed by atoms with Crippen molar-refractivity contribution in [2.45, 2.75) is 13.8 Å². The van der Waals surface area contributed by atoms with Crippen LogP contribution < -0.4 is 15.0 Å². The Morgan fingerprint density at radius 2 is 1.82 bits per heavy atom. The first-order valence-corrected chi connectivity index (χ1v) is 8.55. The lowest BCUT2D eigenvalue weighted by molar-refractivity contribution is -0.122. The molecule has 1 N–H and O–H groups in total. The van der Waals surface area contributed by atoms with Crippen LogP contribution >= 0.6 is 0 Å². The first-order valence-electron chi connectivity index (χ1n) is 8.55. The molecule has 0 radical (unpaired) electrons. The SMILES string of the molecule is C#CCOc1ccc(/C=C2\C(=O)NC(=O)N(c3cc(C)ccc3C)C2=O)cc1. The van der Waals surface area contributed by atoms with E-state index in [-0.39, 0.29) is 12.2 Å². The van der Waals surface area contributed by atoms with E-state index in [1.54, 1.807) is 37.3 Å². The number of nitrogens with one attached hydrogen (secondary N) is 1. The summed E-state index contributed by atoms with van der Waals surface area (Å²) < 4.78 is 5.30. The van der Waals surface area contributed by atoms with Crippen LogP contribution in [0.1, 0.15) is 16.7 Å². The van der Waals surface area contributed by atoms with E-state index in [0.29, 0.717) is 17.0 Å². The minimum atomic E-state index is -0.765. The molecule has 0 aromatic heterocycles. The van der Waals surface area contributed by atoms with Crippen LogP contribution in [0.25, 0.3) is 6.08 Å². The molecular weight excluding hydrogens is 356 g/mol. The van der Waals surface area contributed by atoms with Crippen molar-refractivity contribution in [3.63, 3.8) is 0 Å². The third-order valence-corrected chi connectivity index (χ3v) is 4.22. The van der Waals surface area contributed by atoms with E-state index in [1.807, 2.05) is 19.1 Å². The second-order valence-corrected chi connectivity index (χ2v) is 6.31. The number of amides is 4. The lowest BCUT2D eigenvalue weighted by Crippen LogP contribution is -2.54. The highest BCUT2D eigenvalue weighted by Crippen LogP contribution is 2.26. The second kappa shape index (κ2) is 7.80. The lowest BCUT2D eigenvalue weighted by atomic mass is 10.0. The average Bonchev–Trinajstić information content (AvgIpc) is 2.67. The molecular formula is C22H18N2O4. The maximum atomic E-state index is 13.0. The second-order valence-electron chi connectivity index (χ2n) is 6.31. The molecule has 140 valence electrons. The first-order chi connectivity index (χ1) is 13.4. The predicted octanol–water partition coefficient (Wildman–Crippen LogP) is 2.98. The number of hydrogen-bond acceptors (Lipinski definition) is 4. The highest BCUT2D eigenvalue weighted by atomic mass is 16.5. The van der Waals surface area contributed by atoms with Crippen LogP contribution in [0.4, 0.5) is 10.5 Å². The fourth-order valence-electron chi connectivity index (χ4n) is 2.79. The monoisotopic (exact) mass is 374 g/mol. The van der Waals surface area contributed by atoms with Gasteiger partial charge in [0.05, 0.1) is 5.69 Å². The molecule has 0 bridgehead atoms. The van der Waals surface area contributed by atoms with Gasteiger partial charge in [-0.2, -0.15) is 0 Å². The van der Waals surface area contributed by atoms with Gasteiger partial charge in [-0.3, -0.25) is 14.9 Å².